The van der Waals surface area contributed by atoms with Crippen LogP contribution < -0.4 is 4.72 Å². The molecule has 0 aliphatic heterocycles. The Bertz CT molecular complexity index is 536. The molecule has 6 heteroatoms. The van der Waals surface area contributed by atoms with Crippen molar-refractivity contribution >= 4 is 16.0 Å². The molecule has 2 N–H and O–H groups in total. The van der Waals surface area contributed by atoms with Crippen molar-refractivity contribution in [3.05, 3.63) is 35.9 Å². The summed E-state index contributed by atoms with van der Waals surface area (Å²) in [4.78, 5) is 11.3. The molecule has 0 amide bonds. The maximum atomic E-state index is 12.0. The molecule has 1 aromatic carbocycles. The number of hydrogen-bond donors (Lipinski definition) is 2. The summed E-state index contributed by atoms with van der Waals surface area (Å²) < 4.78 is 26.4. The number of carboxylic acid groups (broad SMARTS) is 1. The van der Waals surface area contributed by atoms with Crippen LogP contribution >= 0.6 is 0 Å². The Morgan fingerprint density at radius 2 is 1.75 bits per heavy atom. The predicted octanol–water partition coefficient (Wildman–Crippen LogP) is 2.00. The zero-order chi connectivity index (χ0) is 15.2. The van der Waals surface area contributed by atoms with Crippen molar-refractivity contribution in [2.24, 2.45) is 5.41 Å². The smallest absolute Gasteiger partial charge is 0.310 e. The molecule has 0 aromatic heterocycles. The number of nitrogens with one attached hydrogen (secondary N) is 1. The Kier molecular flexibility index (Phi) is 5.71. The van der Waals surface area contributed by atoms with Gasteiger partial charge in [0.2, 0.25) is 10.0 Å². The minimum Gasteiger partial charge on any atom is -0.481 e. The van der Waals surface area contributed by atoms with E-state index in [2.05, 4.69) is 4.72 Å². The normalized spacial score (nSPS) is 12.3. The summed E-state index contributed by atoms with van der Waals surface area (Å²) in [6.07, 6.45) is 0.763. The van der Waals surface area contributed by atoms with Crippen LogP contribution in [0.4, 0.5) is 0 Å². The van der Waals surface area contributed by atoms with Crippen LogP contribution in [0.15, 0.2) is 30.3 Å². The van der Waals surface area contributed by atoms with E-state index in [9.17, 15) is 18.3 Å². The first-order chi connectivity index (χ1) is 9.35. The molecule has 0 saturated heterocycles. The largest absolute Gasteiger partial charge is 0.481 e. The highest BCUT2D eigenvalue weighted by Gasteiger charge is 2.35. The summed E-state index contributed by atoms with van der Waals surface area (Å²) in [5.74, 6) is -1.11. The molecular formula is C14H21NO4S. The van der Waals surface area contributed by atoms with Crippen molar-refractivity contribution in [2.45, 2.75) is 32.4 Å². The van der Waals surface area contributed by atoms with Gasteiger partial charge in [-0.05, 0) is 18.4 Å². The third-order valence-electron chi connectivity index (χ3n) is 3.64. The first kappa shape index (κ1) is 16.7. The van der Waals surface area contributed by atoms with E-state index in [1.54, 1.807) is 38.1 Å². The Hall–Kier alpha value is -1.40. The summed E-state index contributed by atoms with van der Waals surface area (Å²) in [5.41, 5.74) is -0.363. The minimum atomic E-state index is -3.53. The van der Waals surface area contributed by atoms with Crippen LogP contribution in [0.1, 0.15) is 32.3 Å². The number of carbonyl (C=O) groups is 1. The van der Waals surface area contributed by atoms with E-state index in [0.29, 0.717) is 18.4 Å². The molecule has 0 heterocycles. The zero-order valence-electron chi connectivity index (χ0n) is 11.8. The Morgan fingerprint density at radius 1 is 1.20 bits per heavy atom. The van der Waals surface area contributed by atoms with Crippen molar-refractivity contribution in [2.75, 3.05) is 6.54 Å². The summed E-state index contributed by atoms with van der Waals surface area (Å²) in [6, 6.07) is 8.80. The molecule has 5 nitrogen and oxygen atoms in total. The van der Waals surface area contributed by atoms with Crippen LogP contribution in [-0.2, 0) is 20.6 Å². The first-order valence-corrected chi connectivity index (χ1v) is 8.25. The molecule has 1 rings (SSSR count). The maximum Gasteiger partial charge on any atom is 0.310 e. The van der Waals surface area contributed by atoms with Crippen molar-refractivity contribution in [1.82, 2.24) is 4.72 Å². The second kappa shape index (κ2) is 6.85. The average Bonchev–Trinajstić information content (AvgIpc) is 2.40. The summed E-state index contributed by atoms with van der Waals surface area (Å²) >= 11 is 0. The molecule has 0 bridgehead atoms. The van der Waals surface area contributed by atoms with E-state index in [4.69, 9.17) is 0 Å². The van der Waals surface area contributed by atoms with Crippen LogP contribution in [0.25, 0.3) is 0 Å². The van der Waals surface area contributed by atoms with Gasteiger partial charge >= 0.3 is 5.97 Å². The van der Waals surface area contributed by atoms with E-state index in [-0.39, 0.29) is 12.3 Å². The monoisotopic (exact) mass is 299 g/mol. The van der Waals surface area contributed by atoms with E-state index < -0.39 is 21.4 Å². The molecular weight excluding hydrogens is 278 g/mol. The Balaban J connectivity index is 2.74. The minimum absolute atomic E-state index is 0.0789. The van der Waals surface area contributed by atoms with E-state index in [0.717, 1.165) is 0 Å². The molecule has 112 valence electrons. The van der Waals surface area contributed by atoms with Crippen molar-refractivity contribution in [1.29, 1.82) is 0 Å². The third-order valence-corrected chi connectivity index (χ3v) is 4.93. The third kappa shape index (κ3) is 4.31. The molecule has 0 radical (unpaired) electrons. The highest BCUT2D eigenvalue weighted by molar-refractivity contribution is 7.88. The van der Waals surface area contributed by atoms with Gasteiger partial charge < -0.3 is 5.11 Å². The fourth-order valence-electron chi connectivity index (χ4n) is 1.97. The van der Waals surface area contributed by atoms with Gasteiger partial charge in [0.1, 0.15) is 0 Å². The van der Waals surface area contributed by atoms with E-state index in [1.165, 1.54) is 0 Å². The van der Waals surface area contributed by atoms with Crippen molar-refractivity contribution in [3.8, 4) is 0 Å². The molecule has 0 aliphatic carbocycles. The highest BCUT2D eigenvalue weighted by Crippen LogP contribution is 2.26. The van der Waals surface area contributed by atoms with Gasteiger partial charge in [0, 0.05) is 6.54 Å². The lowest BCUT2D eigenvalue weighted by molar-refractivity contribution is -0.149. The van der Waals surface area contributed by atoms with Crippen LogP contribution in [0.5, 0.6) is 0 Å². The quantitative estimate of drug-likeness (QED) is 0.769. The fraction of sp³-hybridized carbons (Fsp3) is 0.500. The standard InChI is InChI=1S/C14H21NO4S/c1-3-14(4-2,13(16)17)11-15-20(18,19)10-12-8-6-5-7-9-12/h5-9,15H,3-4,10-11H2,1-2H3,(H,16,17). The lowest BCUT2D eigenvalue weighted by Gasteiger charge is -2.26. The number of carboxylic acids is 1. The van der Waals surface area contributed by atoms with Crippen molar-refractivity contribution in [3.63, 3.8) is 0 Å². The molecule has 0 aliphatic rings. The van der Waals surface area contributed by atoms with Gasteiger partial charge in [-0.15, -0.1) is 0 Å². The Morgan fingerprint density at radius 3 is 2.20 bits per heavy atom. The number of hydrogen-bond acceptors (Lipinski definition) is 3. The van der Waals surface area contributed by atoms with Crippen LogP contribution in [0.2, 0.25) is 0 Å². The second-order valence-corrected chi connectivity index (χ2v) is 6.67. The SMILES string of the molecule is CCC(CC)(CNS(=O)(=O)Cc1ccccc1)C(=O)O. The summed E-state index contributed by atoms with van der Waals surface area (Å²) in [5, 5.41) is 9.28. The van der Waals surface area contributed by atoms with Gasteiger partial charge in [-0.1, -0.05) is 44.2 Å². The second-order valence-electron chi connectivity index (χ2n) is 4.86. The highest BCUT2D eigenvalue weighted by atomic mass is 32.2. The molecule has 0 fully saturated rings. The lowest BCUT2D eigenvalue weighted by atomic mass is 9.83. The van der Waals surface area contributed by atoms with Gasteiger partial charge in [0.25, 0.3) is 0 Å². The summed E-state index contributed by atoms with van der Waals surface area (Å²) in [7, 11) is -3.53. The van der Waals surface area contributed by atoms with Gasteiger partial charge in [0.05, 0.1) is 11.2 Å². The number of benzene rings is 1. The molecule has 20 heavy (non-hydrogen) atoms. The van der Waals surface area contributed by atoms with Crippen LogP contribution in [0.3, 0.4) is 0 Å². The van der Waals surface area contributed by atoms with Crippen LogP contribution in [-0.4, -0.2) is 26.0 Å². The van der Waals surface area contributed by atoms with Crippen LogP contribution in [0, 0.1) is 5.41 Å². The van der Waals surface area contributed by atoms with Gasteiger partial charge in [-0.2, -0.15) is 0 Å². The van der Waals surface area contributed by atoms with Gasteiger partial charge in [-0.25, -0.2) is 13.1 Å². The van der Waals surface area contributed by atoms with Gasteiger partial charge in [-0.3, -0.25) is 4.79 Å². The maximum absolute atomic E-state index is 12.0. The molecule has 0 spiro atoms. The van der Waals surface area contributed by atoms with E-state index >= 15 is 0 Å². The zero-order valence-corrected chi connectivity index (χ0v) is 12.6. The fourth-order valence-corrected chi connectivity index (χ4v) is 3.20. The summed E-state index contributed by atoms with van der Waals surface area (Å²) in [6.45, 7) is 3.43. The number of aliphatic carboxylic acids is 1. The van der Waals surface area contributed by atoms with E-state index in [1.807, 2.05) is 6.07 Å². The predicted molar refractivity (Wildman–Crippen MR) is 77.7 cm³/mol. The molecule has 0 unspecified atom stereocenters. The van der Waals surface area contributed by atoms with Gasteiger partial charge in [0.15, 0.2) is 0 Å². The number of rotatable bonds is 8. The lowest BCUT2D eigenvalue weighted by Crippen LogP contribution is -2.42. The Labute approximate surface area is 120 Å². The van der Waals surface area contributed by atoms with Crippen molar-refractivity contribution < 1.29 is 18.3 Å². The topological polar surface area (TPSA) is 83.5 Å². The molecule has 0 atom stereocenters. The molecule has 1 aromatic rings. The average molecular weight is 299 g/mol. The molecule has 0 saturated carbocycles. The first-order valence-electron chi connectivity index (χ1n) is 6.60. The number of sulfonamides is 1.